The number of H-pyrrole nitrogens is 1. The fourth-order valence-electron chi connectivity index (χ4n) is 1.76. The molecule has 2 aromatic rings. The van der Waals surface area contributed by atoms with Gasteiger partial charge in [-0.2, -0.15) is 0 Å². The molecule has 0 fully saturated rings. The summed E-state index contributed by atoms with van der Waals surface area (Å²) in [5, 5.41) is 0.647. The molecule has 1 aromatic heterocycles. The van der Waals surface area contributed by atoms with Gasteiger partial charge < -0.3 is 4.98 Å². The van der Waals surface area contributed by atoms with Gasteiger partial charge in [0.1, 0.15) is 0 Å². The second-order valence-electron chi connectivity index (χ2n) is 5.24. The van der Waals surface area contributed by atoms with Crippen LogP contribution in [0, 0.1) is 5.41 Å². The van der Waals surface area contributed by atoms with Crippen molar-refractivity contribution in [3.05, 3.63) is 33.7 Å². The molecule has 1 heterocycles. The Morgan fingerprint density at radius 3 is 2.69 bits per heavy atom. The lowest BCUT2D eigenvalue weighted by molar-refractivity contribution is 0.344. The molecular weight excluding hydrogens is 224 g/mol. The van der Waals surface area contributed by atoms with E-state index in [1.807, 2.05) is 12.1 Å². The zero-order valence-corrected chi connectivity index (χ0v) is 10.4. The second-order valence-corrected chi connectivity index (χ2v) is 5.67. The van der Waals surface area contributed by atoms with E-state index >= 15 is 0 Å². The van der Waals surface area contributed by atoms with Gasteiger partial charge in [0.2, 0.25) is 0 Å². The standard InChI is InChI=1S/C12H15ClN2O/c1-12(2,3)7-15-10-6-8(13)4-5-9(10)14-11(15)16/h4-6H,7H2,1-3H3,(H,14,16). The highest BCUT2D eigenvalue weighted by atomic mass is 35.5. The number of aromatic nitrogens is 2. The SMILES string of the molecule is CC(C)(C)Cn1c(=O)[nH]c2ccc(Cl)cc21. The molecule has 2 rings (SSSR count). The molecule has 0 aliphatic rings. The molecule has 0 amide bonds. The van der Waals surface area contributed by atoms with Crippen LogP contribution in [0.1, 0.15) is 20.8 Å². The molecule has 0 saturated heterocycles. The Bertz CT molecular complexity index is 575. The number of rotatable bonds is 1. The summed E-state index contributed by atoms with van der Waals surface area (Å²) in [6.07, 6.45) is 0. The Hall–Kier alpha value is -1.22. The van der Waals surface area contributed by atoms with E-state index in [0.717, 1.165) is 11.0 Å². The Balaban J connectivity index is 2.63. The van der Waals surface area contributed by atoms with Gasteiger partial charge in [-0.25, -0.2) is 4.79 Å². The van der Waals surface area contributed by atoms with Crippen molar-refractivity contribution in [3.8, 4) is 0 Å². The van der Waals surface area contributed by atoms with E-state index in [2.05, 4.69) is 25.8 Å². The highest BCUT2D eigenvalue weighted by Gasteiger charge is 2.15. The summed E-state index contributed by atoms with van der Waals surface area (Å²) in [6.45, 7) is 6.97. The molecule has 0 radical (unpaired) electrons. The summed E-state index contributed by atoms with van der Waals surface area (Å²) in [7, 11) is 0. The monoisotopic (exact) mass is 238 g/mol. The summed E-state index contributed by atoms with van der Waals surface area (Å²) < 4.78 is 1.74. The number of halogens is 1. The first-order valence-electron chi connectivity index (χ1n) is 5.25. The minimum absolute atomic E-state index is 0.0568. The first-order chi connectivity index (χ1) is 7.37. The molecule has 4 heteroatoms. The number of hydrogen-bond donors (Lipinski definition) is 1. The van der Waals surface area contributed by atoms with Gasteiger partial charge in [-0.3, -0.25) is 4.57 Å². The topological polar surface area (TPSA) is 37.8 Å². The van der Waals surface area contributed by atoms with Gasteiger partial charge in [-0.05, 0) is 23.6 Å². The van der Waals surface area contributed by atoms with Crippen molar-refractivity contribution in [2.45, 2.75) is 27.3 Å². The first-order valence-corrected chi connectivity index (χ1v) is 5.63. The minimum atomic E-state index is -0.0767. The summed E-state index contributed by atoms with van der Waals surface area (Å²) in [4.78, 5) is 14.6. The molecular formula is C12H15ClN2O. The quantitative estimate of drug-likeness (QED) is 0.815. The number of fused-ring (bicyclic) bond motifs is 1. The number of nitrogens with zero attached hydrogens (tertiary/aromatic N) is 1. The minimum Gasteiger partial charge on any atom is -0.306 e. The fraction of sp³-hybridized carbons (Fsp3) is 0.417. The van der Waals surface area contributed by atoms with Crippen LogP contribution >= 0.6 is 11.6 Å². The van der Waals surface area contributed by atoms with E-state index in [-0.39, 0.29) is 11.1 Å². The zero-order chi connectivity index (χ0) is 11.9. The molecule has 1 N–H and O–H groups in total. The number of nitrogens with one attached hydrogen (secondary N) is 1. The molecule has 0 saturated carbocycles. The fourth-order valence-corrected chi connectivity index (χ4v) is 1.92. The third-order valence-electron chi connectivity index (χ3n) is 2.37. The highest BCUT2D eigenvalue weighted by molar-refractivity contribution is 6.31. The van der Waals surface area contributed by atoms with E-state index < -0.39 is 0 Å². The Labute approximate surface area is 99.0 Å². The van der Waals surface area contributed by atoms with Crippen LogP contribution < -0.4 is 5.69 Å². The van der Waals surface area contributed by atoms with Crippen molar-refractivity contribution < 1.29 is 0 Å². The molecule has 0 aliphatic heterocycles. The van der Waals surface area contributed by atoms with Crippen LogP contribution in [0.5, 0.6) is 0 Å². The average molecular weight is 239 g/mol. The number of hydrogen-bond acceptors (Lipinski definition) is 1. The van der Waals surface area contributed by atoms with E-state index in [4.69, 9.17) is 11.6 Å². The summed E-state index contributed by atoms with van der Waals surface area (Å²) in [5.41, 5.74) is 1.68. The van der Waals surface area contributed by atoms with Crippen LogP contribution in [0.15, 0.2) is 23.0 Å². The van der Waals surface area contributed by atoms with Gasteiger partial charge in [0.05, 0.1) is 11.0 Å². The van der Waals surface area contributed by atoms with Crippen LogP contribution in [-0.2, 0) is 6.54 Å². The van der Waals surface area contributed by atoms with Gasteiger partial charge in [-0.15, -0.1) is 0 Å². The maximum Gasteiger partial charge on any atom is 0.326 e. The maximum absolute atomic E-state index is 11.8. The van der Waals surface area contributed by atoms with Gasteiger partial charge >= 0.3 is 5.69 Å². The van der Waals surface area contributed by atoms with Crippen molar-refractivity contribution >= 4 is 22.6 Å². The van der Waals surface area contributed by atoms with E-state index in [1.165, 1.54) is 0 Å². The third-order valence-corrected chi connectivity index (χ3v) is 2.60. The van der Waals surface area contributed by atoms with Gasteiger partial charge in [0.25, 0.3) is 0 Å². The molecule has 0 aliphatic carbocycles. The van der Waals surface area contributed by atoms with Crippen LogP contribution in [0.4, 0.5) is 0 Å². The number of benzene rings is 1. The lowest BCUT2D eigenvalue weighted by Crippen LogP contribution is -2.24. The average Bonchev–Trinajstić information content (AvgIpc) is 2.42. The van der Waals surface area contributed by atoms with Gasteiger partial charge in [0.15, 0.2) is 0 Å². The molecule has 3 nitrogen and oxygen atoms in total. The summed E-state index contributed by atoms with van der Waals surface area (Å²) >= 11 is 5.94. The maximum atomic E-state index is 11.8. The second kappa shape index (κ2) is 3.67. The molecule has 1 aromatic carbocycles. The molecule has 0 unspecified atom stereocenters. The van der Waals surface area contributed by atoms with Crippen molar-refractivity contribution in [1.82, 2.24) is 9.55 Å². The molecule has 0 atom stereocenters. The smallest absolute Gasteiger partial charge is 0.306 e. The van der Waals surface area contributed by atoms with Crippen molar-refractivity contribution in [1.29, 1.82) is 0 Å². The van der Waals surface area contributed by atoms with Crippen LogP contribution in [0.25, 0.3) is 11.0 Å². The van der Waals surface area contributed by atoms with E-state index in [9.17, 15) is 4.79 Å². The largest absolute Gasteiger partial charge is 0.326 e. The van der Waals surface area contributed by atoms with Crippen LogP contribution in [0.3, 0.4) is 0 Å². The first kappa shape index (κ1) is 11.3. The predicted molar refractivity (Wildman–Crippen MR) is 67.0 cm³/mol. The Morgan fingerprint density at radius 2 is 2.06 bits per heavy atom. The normalized spacial score (nSPS) is 12.2. The van der Waals surface area contributed by atoms with Crippen molar-refractivity contribution in [3.63, 3.8) is 0 Å². The predicted octanol–water partition coefficient (Wildman–Crippen LogP) is 3.03. The van der Waals surface area contributed by atoms with E-state index in [0.29, 0.717) is 11.6 Å². The number of imidazole rings is 1. The van der Waals surface area contributed by atoms with Crippen LogP contribution in [0.2, 0.25) is 5.02 Å². The highest BCUT2D eigenvalue weighted by Crippen LogP contribution is 2.21. The summed E-state index contributed by atoms with van der Waals surface area (Å²) in [6, 6.07) is 5.43. The molecule has 86 valence electrons. The molecule has 0 bridgehead atoms. The molecule has 0 spiro atoms. The zero-order valence-electron chi connectivity index (χ0n) is 9.67. The van der Waals surface area contributed by atoms with Gasteiger partial charge in [-0.1, -0.05) is 32.4 Å². The third kappa shape index (κ3) is 2.14. The molecule has 16 heavy (non-hydrogen) atoms. The van der Waals surface area contributed by atoms with Crippen molar-refractivity contribution in [2.75, 3.05) is 0 Å². The van der Waals surface area contributed by atoms with Crippen LogP contribution in [-0.4, -0.2) is 9.55 Å². The lowest BCUT2D eigenvalue weighted by atomic mass is 9.97. The summed E-state index contributed by atoms with van der Waals surface area (Å²) in [5.74, 6) is 0. The Kier molecular flexibility index (Phi) is 2.58. The van der Waals surface area contributed by atoms with Crippen molar-refractivity contribution in [2.24, 2.45) is 5.41 Å². The number of aromatic amines is 1. The Morgan fingerprint density at radius 1 is 1.38 bits per heavy atom. The van der Waals surface area contributed by atoms with Gasteiger partial charge in [0, 0.05) is 11.6 Å². The van der Waals surface area contributed by atoms with E-state index in [1.54, 1.807) is 10.6 Å². The lowest BCUT2D eigenvalue weighted by Gasteiger charge is -2.18.